The summed E-state index contributed by atoms with van der Waals surface area (Å²) < 4.78 is 5.78. The van der Waals surface area contributed by atoms with Crippen molar-refractivity contribution in [1.29, 1.82) is 0 Å². The fraction of sp³-hybridized carbons (Fsp3) is 0.412. The zero-order valence-electron chi connectivity index (χ0n) is 12.1. The Bertz CT molecular complexity index is 569. The first-order valence-electron chi connectivity index (χ1n) is 7.34. The lowest BCUT2D eigenvalue weighted by atomic mass is 10.0. The third-order valence-corrected chi connectivity index (χ3v) is 5.17. The standard InChI is InChI=1S/C17H21NOS/c1-3-19-14-9-5-4-8-13(14)17(18-2)16-11-12-7-6-10-15(12)20-16/h4-5,8-9,11,17-18H,3,6-7,10H2,1-2H3. The summed E-state index contributed by atoms with van der Waals surface area (Å²) in [6, 6.07) is 11.0. The van der Waals surface area contributed by atoms with Crippen molar-refractivity contribution in [3.8, 4) is 5.75 Å². The zero-order valence-corrected chi connectivity index (χ0v) is 12.9. The van der Waals surface area contributed by atoms with E-state index in [0.29, 0.717) is 6.61 Å². The van der Waals surface area contributed by atoms with Crippen LogP contribution >= 0.6 is 11.3 Å². The molecule has 1 aliphatic rings. The van der Waals surface area contributed by atoms with Crippen molar-refractivity contribution < 1.29 is 4.74 Å². The average Bonchev–Trinajstić information content (AvgIpc) is 3.03. The molecule has 1 aromatic heterocycles. The van der Waals surface area contributed by atoms with Crippen LogP contribution in [0.3, 0.4) is 0 Å². The summed E-state index contributed by atoms with van der Waals surface area (Å²) in [7, 11) is 2.03. The Kier molecular flexibility index (Phi) is 4.08. The van der Waals surface area contributed by atoms with E-state index in [4.69, 9.17) is 4.74 Å². The Balaban J connectivity index is 1.96. The molecule has 1 aromatic carbocycles. The van der Waals surface area contributed by atoms with Crippen molar-refractivity contribution in [2.75, 3.05) is 13.7 Å². The van der Waals surface area contributed by atoms with Crippen LogP contribution in [0.15, 0.2) is 30.3 Å². The number of fused-ring (bicyclic) bond motifs is 1. The van der Waals surface area contributed by atoms with Crippen LogP contribution in [0.1, 0.15) is 40.3 Å². The third kappa shape index (κ3) is 2.48. The van der Waals surface area contributed by atoms with Gasteiger partial charge in [-0.1, -0.05) is 18.2 Å². The van der Waals surface area contributed by atoms with Crippen LogP contribution in [0.2, 0.25) is 0 Å². The first-order chi connectivity index (χ1) is 9.83. The van der Waals surface area contributed by atoms with Gasteiger partial charge in [-0.2, -0.15) is 0 Å². The van der Waals surface area contributed by atoms with E-state index in [2.05, 4.69) is 29.6 Å². The van der Waals surface area contributed by atoms with Gasteiger partial charge >= 0.3 is 0 Å². The van der Waals surface area contributed by atoms with Crippen LogP contribution in [0.4, 0.5) is 0 Å². The normalized spacial score (nSPS) is 15.1. The molecule has 1 unspecified atom stereocenters. The molecular weight excluding hydrogens is 266 g/mol. The molecule has 0 saturated heterocycles. The second-order valence-corrected chi connectivity index (χ2v) is 6.31. The molecule has 0 saturated carbocycles. The largest absolute Gasteiger partial charge is 0.494 e. The van der Waals surface area contributed by atoms with Gasteiger partial charge in [0.25, 0.3) is 0 Å². The minimum Gasteiger partial charge on any atom is -0.494 e. The lowest BCUT2D eigenvalue weighted by Gasteiger charge is -2.19. The van der Waals surface area contributed by atoms with Crippen molar-refractivity contribution in [3.05, 3.63) is 51.2 Å². The molecule has 0 aliphatic heterocycles. The molecule has 1 N–H and O–H groups in total. The van der Waals surface area contributed by atoms with Crippen LogP contribution in [-0.4, -0.2) is 13.7 Å². The van der Waals surface area contributed by atoms with Crippen molar-refractivity contribution in [1.82, 2.24) is 5.32 Å². The molecule has 3 rings (SSSR count). The average molecular weight is 287 g/mol. The molecule has 1 atom stereocenters. The lowest BCUT2D eigenvalue weighted by molar-refractivity contribution is 0.334. The van der Waals surface area contributed by atoms with Crippen LogP contribution in [0, 0.1) is 0 Å². The number of para-hydroxylation sites is 1. The highest BCUT2D eigenvalue weighted by Crippen LogP contribution is 2.38. The number of hydrogen-bond donors (Lipinski definition) is 1. The van der Waals surface area contributed by atoms with Crippen LogP contribution in [0.5, 0.6) is 5.75 Å². The van der Waals surface area contributed by atoms with Gasteiger partial charge in [-0.25, -0.2) is 0 Å². The summed E-state index contributed by atoms with van der Waals surface area (Å²) in [4.78, 5) is 2.98. The van der Waals surface area contributed by atoms with Crippen LogP contribution < -0.4 is 10.1 Å². The molecular formula is C17H21NOS. The van der Waals surface area contributed by atoms with E-state index < -0.39 is 0 Å². The fourth-order valence-corrected chi connectivity index (χ4v) is 4.34. The highest BCUT2D eigenvalue weighted by atomic mass is 32.1. The smallest absolute Gasteiger partial charge is 0.124 e. The number of ether oxygens (including phenoxy) is 1. The van der Waals surface area contributed by atoms with E-state index in [1.54, 1.807) is 10.4 Å². The summed E-state index contributed by atoms with van der Waals surface area (Å²) in [5, 5.41) is 3.45. The Morgan fingerprint density at radius 2 is 2.15 bits per heavy atom. The van der Waals surface area contributed by atoms with Gasteiger partial charge in [-0.05, 0) is 50.9 Å². The van der Waals surface area contributed by atoms with Gasteiger partial charge in [-0.3, -0.25) is 0 Å². The first-order valence-corrected chi connectivity index (χ1v) is 8.15. The van der Waals surface area contributed by atoms with Crippen LogP contribution in [0.25, 0.3) is 0 Å². The molecule has 1 heterocycles. The van der Waals surface area contributed by atoms with Gasteiger partial charge in [0.1, 0.15) is 5.75 Å². The molecule has 20 heavy (non-hydrogen) atoms. The van der Waals surface area contributed by atoms with Crippen LogP contribution in [-0.2, 0) is 12.8 Å². The number of thiophene rings is 1. The Hall–Kier alpha value is -1.32. The van der Waals surface area contributed by atoms with Gasteiger partial charge < -0.3 is 10.1 Å². The topological polar surface area (TPSA) is 21.3 Å². The maximum atomic E-state index is 5.78. The SMILES string of the molecule is CCOc1ccccc1C(NC)c1cc2c(s1)CCC2. The molecule has 0 radical (unpaired) electrons. The van der Waals surface area contributed by atoms with E-state index in [0.717, 1.165) is 5.75 Å². The molecule has 0 amide bonds. The van der Waals surface area contributed by atoms with Crippen molar-refractivity contribution in [3.63, 3.8) is 0 Å². The second kappa shape index (κ2) is 5.98. The molecule has 0 bridgehead atoms. The summed E-state index contributed by atoms with van der Waals surface area (Å²) in [6.45, 7) is 2.74. The van der Waals surface area contributed by atoms with E-state index in [1.807, 2.05) is 31.4 Å². The van der Waals surface area contributed by atoms with E-state index in [1.165, 1.54) is 29.7 Å². The molecule has 0 spiro atoms. The number of nitrogens with one attached hydrogen (secondary N) is 1. The summed E-state index contributed by atoms with van der Waals surface area (Å²) in [6.07, 6.45) is 3.82. The number of benzene rings is 1. The Labute approximate surface area is 124 Å². The summed E-state index contributed by atoms with van der Waals surface area (Å²) >= 11 is 1.96. The van der Waals surface area contributed by atoms with E-state index >= 15 is 0 Å². The minimum atomic E-state index is 0.230. The number of aryl methyl sites for hydroxylation is 2. The molecule has 106 valence electrons. The summed E-state index contributed by atoms with van der Waals surface area (Å²) in [5.74, 6) is 0.989. The monoisotopic (exact) mass is 287 g/mol. The molecule has 0 fully saturated rings. The zero-order chi connectivity index (χ0) is 13.9. The maximum absolute atomic E-state index is 5.78. The van der Waals surface area contributed by atoms with Crippen molar-refractivity contribution >= 4 is 11.3 Å². The number of hydrogen-bond acceptors (Lipinski definition) is 3. The van der Waals surface area contributed by atoms with E-state index in [9.17, 15) is 0 Å². The van der Waals surface area contributed by atoms with Crippen molar-refractivity contribution in [2.24, 2.45) is 0 Å². The first kappa shape index (κ1) is 13.7. The fourth-order valence-electron chi connectivity index (χ4n) is 2.95. The third-order valence-electron chi connectivity index (χ3n) is 3.87. The summed E-state index contributed by atoms with van der Waals surface area (Å²) in [5.41, 5.74) is 2.79. The predicted molar refractivity (Wildman–Crippen MR) is 84.9 cm³/mol. The quantitative estimate of drug-likeness (QED) is 0.899. The Morgan fingerprint density at radius 3 is 2.90 bits per heavy atom. The second-order valence-electron chi connectivity index (χ2n) is 5.14. The van der Waals surface area contributed by atoms with Gasteiger partial charge in [0.2, 0.25) is 0 Å². The highest BCUT2D eigenvalue weighted by Gasteiger charge is 2.22. The lowest BCUT2D eigenvalue weighted by Crippen LogP contribution is -2.17. The molecule has 3 heteroatoms. The van der Waals surface area contributed by atoms with Gasteiger partial charge in [0.15, 0.2) is 0 Å². The highest BCUT2D eigenvalue weighted by molar-refractivity contribution is 7.12. The van der Waals surface area contributed by atoms with Crippen molar-refractivity contribution in [2.45, 2.75) is 32.2 Å². The Morgan fingerprint density at radius 1 is 1.30 bits per heavy atom. The van der Waals surface area contributed by atoms with Gasteiger partial charge in [0.05, 0.1) is 12.6 Å². The molecule has 2 nitrogen and oxygen atoms in total. The van der Waals surface area contributed by atoms with Gasteiger partial charge in [0, 0.05) is 15.3 Å². The van der Waals surface area contributed by atoms with E-state index in [-0.39, 0.29) is 6.04 Å². The molecule has 2 aromatic rings. The maximum Gasteiger partial charge on any atom is 0.124 e. The number of rotatable bonds is 5. The minimum absolute atomic E-state index is 0.230. The van der Waals surface area contributed by atoms with Gasteiger partial charge in [-0.15, -0.1) is 11.3 Å². The molecule has 1 aliphatic carbocycles. The predicted octanol–water partition coefficient (Wildman–Crippen LogP) is 3.94.